The molecule has 0 aliphatic heterocycles. The molecule has 0 fully saturated rings. The molecule has 0 saturated carbocycles. The van der Waals surface area contributed by atoms with Crippen molar-refractivity contribution in [1.82, 2.24) is 0 Å². The SMILES string of the molecule is CN(C)c1ccc(/C=C/C(=O)c2cccc(N)c2)cc1. The molecule has 0 amide bonds. The fraction of sp³-hybridized carbons (Fsp3) is 0.118. The van der Waals surface area contributed by atoms with Crippen molar-refractivity contribution in [1.29, 1.82) is 0 Å². The third-order valence-electron chi connectivity index (χ3n) is 3.01. The summed E-state index contributed by atoms with van der Waals surface area (Å²) in [4.78, 5) is 14.0. The topological polar surface area (TPSA) is 46.3 Å². The van der Waals surface area contributed by atoms with Crippen LogP contribution in [0.2, 0.25) is 0 Å². The molecule has 0 aliphatic rings. The first-order valence-corrected chi connectivity index (χ1v) is 6.41. The van der Waals surface area contributed by atoms with Crippen LogP contribution in [0.15, 0.2) is 54.6 Å². The molecule has 0 radical (unpaired) electrons. The molecule has 0 unspecified atom stereocenters. The predicted molar refractivity (Wildman–Crippen MR) is 85.0 cm³/mol. The number of carbonyl (C=O) groups excluding carboxylic acids is 1. The number of carbonyl (C=O) groups is 1. The van der Waals surface area contributed by atoms with Crippen LogP contribution in [0.4, 0.5) is 11.4 Å². The van der Waals surface area contributed by atoms with Crippen LogP contribution in [0.1, 0.15) is 15.9 Å². The van der Waals surface area contributed by atoms with Crippen molar-refractivity contribution in [3.63, 3.8) is 0 Å². The van der Waals surface area contributed by atoms with E-state index in [0.29, 0.717) is 11.3 Å². The van der Waals surface area contributed by atoms with E-state index in [4.69, 9.17) is 5.73 Å². The Morgan fingerprint density at radius 2 is 1.80 bits per heavy atom. The molecule has 2 aromatic rings. The first-order valence-electron chi connectivity index (χ1n) is 6.41. The summed E-state index contributed by atoms with van der Waals surface area (Å²) in [5, 5.41) is 0. The van der Waals surface area contributed by atoms with Gasteiger partial charge in [-0.2, -0.15) is 0 Å². The van der Waals surface area contributed by atoms with Crippen LogP contribution in [-0.2, 0) is 0 Å². The monoisotopic (exact) mass is 266 g/mol. The first kappa shape index (κ1) is 13.9. The quantitative estimate of drug-likeness (QED) is 0.525. The van der Waals surface area contributed by atoms with Crippen LogP contribution < -0.4 is 10.6 Å². The van der Waals surface area contributed by atoms with Gasteiger partial charge >= 0.3 is 0 Å². The van der Waals surface area contributed by atoms with E-state index in [0.717, 1.165) is 11.3 Å². The summed E-state index contributed by atoms with van der Waals surface area (Å²) < 4.78 is 0. The minimum atomic E-state index is -0.0472. The van der Waals surface area contributed by atoms with Crippen molar-refractivity contribution in [3.8, 4) is 0 Å². The lowest BCUT2D eigenvalue weighted by Gasteiger charge is -2.11. The van der Waals surface area contributed by atoms with Crippen molar-refractivity contribution in [2.45, 2.75) is 0 Å². The largest absolute Gasteiger partial charge is 0.399 e. The molecule has 0 bridgehead atoms. The molecule has 0 saturated heterocycles. The van der Waals surface area contributed by atoms with Gasteiger partial charge < -0.3 is 10.6 Å². The number of allylic oxidation sites excluding steroid dienone is 1. The van der Waals surface area contributed by atoms with Crippen molar-refractivity contribution in [3.05, 3.63) is 65.7 Å². The van der Waals surface area contributed by atoms with Gasteiger partial charge in [0.1, 0.15) is 0 Å². The summed E-state index contributed by atoms with van der Waals surface area (Å²) in [6.07, 6.45) is 3.38. The Bertz CT molecular complexity index is 628. The van der Waals surface area contributed by atoms with Crippen molar-refractivity contribution >= 4 is 23.2 Å². The Kier molecular flexibility index (Phi) is 4.20. The van der Waals surface area contributed by atoms with Gasteiger partial charge in [0, 0.05) is 31.0 Å². The molecule has 3 nitrogen and oxygen atoms in total. The van der Waals surface area contributed by atoms with E-state index in [-0.39, 0.29) is 5.78 Å². The molecule has 0 heterocycles. The number of nitrogen functional groups attached to an aromatic ring is 1. The Hall–Kier alpha value is -2.55. The highest BCUT2D eigenvalue weighted by atomic mass is 16.1. The van der Waals surface area contributed by atoms with Crippen LogP contribution in [-0.4, -0.2) is 19.9 Å². The molecule has 0 aromatic heterocycles. The molecule has 3 heteroatoms. The van der Waals surface area contributed by atoms with E-state index in [1.807, 2.05) is 49.3 Å². The highest BCUT2D eigenvalue weighted by Gasteiger charge is 2.01. The lowest BCUT2D eigenvalue weighted by molar-refractivity contribution is 0.104. The van der Waals surface area contributed by atoms with Crippen molar-refractivity contribution in [2.75, 3.05) is 24.7 Å². The Balaban J connectivity index is 2.11. The zero-order valence-corrected chi connectivity index (χ0v) is 11.7. The smallest absolute Gasteiger partial charge is 0.185 e. The second-order valence-corrected chi connectivity index (χ2v) is 4.81. The Morgan fingerprint density at radius 1 is 1.10 bits per heavy atom. The molecule has 0 aliphatic carbocycles. The fourth-order valence-electron chi connectivity index (χ4n) is 1.84. The van der Waals surface area contributed by atoms with Crippen LogP contribution >= 0.6 is 0 Å². The average molecular weight is 266 g/mol. The molecule has 0 atom stereocenters. The van der Waals surface area contributed by atoms with Crippen LogP contribution in [0.5, 0.6) is 0 Å². The van der Waals surface area contributed by atoms with Crippen molar-refractivity contribution < 1.29 is 4.79 Å². The maximum absolute atomic E-state index is 12.0. The average Bonchev–Trinajstić information content (AvgIpc) is 2.45. The zero-order chi connectivity index (χ0) is 14.5. The number of anilines is 2. The Morgan fingerprint density at radius 3 is 2.40 bits per heavy atom. The minimum Gasteiger partial charge on any atom is -0.399 e. The van der Waals surface area contributed by atoms with Gasteiger partial charge in [-0.3, -0.25) is 4.79 Å². The summed E-state index contributed by atoms with van der Waals surface area (Å²) in [7, 11) is 3.99. The van der Waals surface area contributed by atoms with Crippen molar-refractivity contribution in [2.24, 2.45) is 0 Å². The lowest BCUT2D eigenvalue weighted by Crippen LogP contribution is -2.07. The van der Waals surface area contributed by atoms with Gasteiger partial charge in [0.05, 0.1) is 0 Å². The molecule has 2 N–H and O–H groups in total. The summed E-state index contributed by atoms with van der Waals surface area (Å²) >= 11 is 0. The lowest BCUT2D eigenvalue weighted by atomic mass is 10.1. The third kappa shape index (κ3) is 3.48. The summed E-state index contributed by atoms with van der Waals surface area (Å²) in [6.45, 7) is 0. The second-order valence-electron chi connectivity index (χ2n) is 4.81. The number of hydrogen-bond acceptors (Lipinski definition) is 3. The number of nitrogens with zero attached hydrogens (tertiary/aromatic N) is 1. The molecule has 102 valence electrons. The maximum atomic E-state index is 12.0. The highest BCUT2D eigenvalue weighted by Crippen LogP contribution is 2.14. The van der Waals surface area contributed by atoms with Gasteiger partial charge in [0.2, 0.25) is 0 Å². The van der Waals surface area contributed by atoms with Gasteiger partial charge in [0.25, 0.3) is 0 Å². The van der Waals surface area contributed by atoms with Gasteiger partial charge in [0.15, 0.2) is 5.78 Å². The number of benzene rings is 2. The highest BCUT2D eigenvalue weighted by molar-refractivity contribution is 6.07. The predicted octanol–water partition coefficient (Wildman–Crippen LogP) is 3.23. The normalized spacial score (nSPS) is 10.7. The van der Waals surface area contributed by atoms with E-state index in [9.17, 15) is 4.79 Å². The van der Waals surface area contributed by atoms with Crippen LogP contribution in [0, 0.1) is 0 Å². The molecule has 0 spiro atoms. The van der Waals surface area contributed by atoms with Crippen LogP contribution in [0.25, 0.3) is 6.08 Å². The first-order chi connectivity index (χ1) is 9.56. The Labute approximate surface area is 119 Å². The third-order valence-corrected chi connectivity index (χ3v) is 3.01. The molecular formula is C17H18N2O. The van der Waals surface area contributed by atoms with Crippen LogP contribution in [0.3, 0.4) is 0 Å². The molecule has 2 rings (SSSR count). The standard InChI is InChI=1S/C17H18N2O/c1-19(2)16-9-6-13(7-10-16)8-11-17(20)14-4-3-5-15(18)12-14/h3-12H,18H2,1-2H3/b11-8+. The number of hydrogen-bond donors (Lipinski definition) is 1. The number of ketones is 1. The molecular weight excluding hydrogens is 248 g/mol. The van der Waals surface area contributed by atoms with Gasteiger partial charge in [-0.15, -0.1) is 0 Å². The van der Waals surface area contributed by atoms with E-state index in [1.165, 1.54) is 0 Å². The minimum absolute atomic E-state index is 0.0472. The number of rotatable bonds is 4. The summed E-state index contributed by atoms with van der Waals surface area (Å²) in [5.74, 6) is -0.0472. The fourth-order valence-corrected chi connectivity index (χ4v) is 1.84. The van der Waals surface area contributed by atoms with E-state index in [2.05, 4.69) is 0 Å². The van der Waals surface area contributed by atoms with E-state index in [1.54, 1.807) is 30.3 Å². The zero-order valence-electron chi connectivity index (χ0n) is 11.7. The summed E-state index contributed by atoms with van der Waals surface area (Å²) in [6, 6.07) is 15.0. The van der Waals surface area contributed by atoms with Gasteiger partial charge in [-0.05, 0) is 35.9 Å². The van der Waals surface area contributed by atoms with E-state index >= 15 is 0 Å². The maximum Gasteiger partial charge on any atom is 0.185 e. The second kappa shape index (κ2) is 6.06. The van der Waals surface area contributed by atoms with E-state index < -0.39 is 0 Å². The number of nitrogens with two attached hydrogens (primary N) is 1. The summed E-state index contributed by atoms with van der Waals surface area (Å²) in [5.41, 5.74) is 8.99. The molecule has 20 heavy (non-hydrogen) atoms. The van der Waals surface area contributed by atoms with Gasteiger partial charge in [-0.25, -0.2) is 0 Å². The molecule has 2 aromatic carbocycles. The van der Waals surface area contributed by atoms with Gasteiger partial charge in [-0.1, -0.05) is 30.3 Å².